The first kappa shape index (κ1) is 10.5. The molecule has 0 heterocycles. The molecule has 0 aliphatic heterocycles. The highest BCUT2D eigenvalue weighted by Crippen LogP contribution is 2.18. The Bertz CT molecular complexity index is 191. The molecule has 1 nitrogen and oxygen atoms in total. The van der Waals surface area contributed by atoms with Crippen LogP contribution in [0, 0.1) is 0 Å². The van der Waals surface area contributed by atoms with Crippen molar-refractivity contribution in [2.45, 2.75) is 45.6 Å². The molecular weight excluding hydrogens is 160 g/mol. The average Bonchev–Trinajstić information content (AvgIpc) is 2.65. The van der Waals surface area contributed by atoms with Crippen molar-refractivity contribution in [2.24, 2.45) is 0 Å². The van der Waals surface area contributed by atoms with E-state index in [-0.39, 0.29) is 0 Å². The Balaban J connectivity index is 2.30. The molecule has 0 aromatic heterocycles. The van der Waals surface area contributed by atoms with E-state index in [1.807, 2.05) is 0 Å². The minimum absolute atomic E-state index is 0.338. The third kappa shape index (κ3) is 3.35. The van der Waals surface area contributed by atoms with Gasteiger partial charge in [0.15, 0.2) is 0 Å². The van der Waals surface area contributed by atoms with Gasteiger partial charge < -0.3 is 4.74 Å². The van der Waals surface area contributed by atoms with Gasteiger partial charge in [0.1, 0.15) is 0 Å². The number of ether oxygens (including phenoxy) is 1. The fourth-order valence-corrected chi connectivity index (χ4v) is 1.53. The van der Waals surface area contributed by atoms with E-state index in [0.717, 1.165) is 19.4 Å². The van der Waals surface area contributed by atoms with Gasteiger partial charge in [0.2, 0.25) is 0 Å². The molecule has 0 aromatic rings. The molecule has 0 fully saturated rings. The number of allylic oxidation sites excluding steroid dienone is 2. The molecule has 0 bridgehead atoms. The summed E-state index contributed by atoms with van der Waals surface area (Å²) in [5.74, 6) is 0. The minimum atomic E-state index is 0.338. The normalized spacial score (nSPS) is 17.5. The summed E-state index contributed by atoms with van der Waals surface area (Å²) in [6.07, 6.45) is 11.5. The van der Waals surface area contributed by atoms with Crippen molar-refractivity contribution < 1.29 is 4.74 Å². The SMILES string of the molecule is CCCCOC(CC)C1=CCC=C1. The molecule has 0 N–H and O–H groups in total. The average molecular weight is 180 g/mol. The number of hydrogen-bond acceptors (Lipinski definition) is 1. The fourth-order valence-electron chi connectivity index (χ4n) is 1.53. The third-order valence-electron chi connectivity index (χ3n) is 2.36. The molecule has 0 saturated heterocycles. The van der Waals surface area contributed by atoms with E-state index in [4.69, 9.17) is 4.74 Å². The highest BCUT2D eigenvalue weighted by Gasteiger charge is 2.11. The zero-order chi connectivity index (χ0) is 9.52. The number of rotatable bonds is 6. The van der Waals surface area contributed by atoms with Gasteiger partial charge in [0.05, 0.1) is 6.10 Å². The molecule has 1 unspecified atom stereocenters. The lowest BCUT2D eigenvalue weighted by atomic mass is 10.1. The van der Waals surface area contributed by atoms with Crippen molar-refractivity contribution in [1.82, 2.24) is 0 Å². The lowest BCUT2D eigenvalue weighted by Gasteiger charge is -2.15. The Hall–Kier alpha value is -0.560. The monoisotopic (exact) mass is 180 g/mol. The third-order valence-corrected chi connectivity index (χ3v) is 2.36. The van der Waals surface area contributed by atoms with Crippen molar-refractivity contribution in [2.75, 3.05) is 6.61 Å². The second-order valence-electron chi connectivity index (χ2n) is 3.46. The van der Waals surface area contributed by atoms with Crippen LogP contribution in [0.25, 0.3) is 0 Å². The van der Waals surface area contributed by atoms with Crippen molar-refractivity contribution >= 4 is 0 Å². The zero-order valence-electron chi connectivity index (χ0n) is 8.75. The second-order valence-corrected chi connectivity index (χ2v) is 3.46. The van der Waals surface area contributed by atoms with Gasteiger partial charge in [-0.2, -0.15) is 0 Å². The first-order valence-corrected chi connectivity index (χ1v) is 5.36. The van der Waals surface area contributed by atoms with Crippen LogP contribution >= 0.6 is 0 Å². The van der Waals surface area contributed by atoms with Gasteiger partial charge in [-0.1, -0.05) is 38.5 Å². The quantitative estimate of drug-likeness (QED) is 0.569. The minimum Gasteiger partial charge on any atom is -0.374 e. The lowest BCUT2D eigenvalue weighted by Crippen LogP contribution is -2.13. The highest BCUT2D eigenvalue weighted by atomic mass is 16.5. The molecule has 0 amide bonds. The Labute approximate surface area is 81.5 Å². The maximum absolute atomic E-state index is 5.80. The number of hydrogen-bond donors (Lipinski definition) is 0. The molecule has 74 valence electrons. The van der Waals surface area contributed by atoms with Crippen molar-refractivity contribution in [3.8, 4) is 0 Å². The van der Waals surface area contributed by atoms with Gasteiger partial charge in [-0.05, 0) is 24.8 Å². The summed E-state index contributed by atoms with van der Waals surface area (Å²) in [6, 6.07) is 0. The Morgan fingerprint density at radius 1 is 1.46 bits per heavy atom. The Kier molecular flexibility index (Phi) is 4.84. The van der Waals surface area contributed by atoms with Gasteiger partial charge in [-0.25, -0.2) is 0 Å². The molecule has 1 aliphatic rings. The molecule has 1 heteroatoms. The summed E-state index contributed by atoms with van der Waals surface area (Å²) >= 11 is 0. The smallest absolute Gasteiger partial charge is 0.0819 e. The largest absolute Gasteiger partial charge is 0.374 e. The van der Waals surface area contributed by atoms with E-state index in [0.29, 0.717) is 6.10 Å². The van der Waals surface area contributed by atoms with Gasteiger partial charge in [0, 0.05) is 6.61 Å². The fraction of sp³-hybridized carbons (Fsp3) is 0.667. The topological polar surface area (TPSA) is 9.23 Å². The maximum Gasteiger partial charge on any atom is 0.0819 e. The standard InChI is InChI=1S/C12H20O/c1-3-5-10-13-12(4-2)11-8-6-7-9-11/h6,8-9,12H,3-5,7,10H2,1-2H3. The molecule has 0 radical (unpaired) electrons. The molecule has 1 rings (SSSR count). The van der Waals surface area contributed by atoms with E-state index in [1.165, 1.54) is 18.4 Å². The van der Waals surface area contributed by atoms with E-state index >= 15 is 0 Å². The first-order valence-electron chi connectivity index (χ1n) is 5.36. The Morgan fingerprint density at radius 3 is 2.85 bits per heavy atom. The zero-order valence-corrected chi connectivity index (χ0v) is 8.75. The highest BCUT2D eigenvalue weighted by molar-refractivity contribution is 5.29. The molecular formula is C12H20O. The first-order chi connectivity index (χ1) is 6.38. The summed E-state index contributed by atoms with van der Waals surface area (Å²) in [7, 11) is 0. The Morgan fingerprint density at radius 2 is 2.31 bits per heavy atom. The van der Waals surface area contributed by atoms with Gasteiger partial charge >= 0.3 is 0 Å². The van der Waals surface area contributed by atoms with Crippen molar-refractivity contribution in [1.29, 1.82) is 0 Å². The predicted molar refractivity (Wildman–Crippen MR) is 56.8 cm³/mol. The molecule has 0 spiro atoms. The van der Waals surface area contributed by atoms with E-state index in [1.54, 1.807) is 0 Å². The van der Waals surface area contributed by atoms with Crippen LogP contribution in [0.3, 0.4) is 0 Å². The van der Waals surface area contributed by atoms with Gasteiger partial charge in [-0.3, -0.25) is 0 Å². The van der Waals surface area contributed by atoms with Crippen LogP contribution < -0.4 is 0 Å². The van der Waals surface area contributed by atoms with Crippen LogP contribution in [0.2, 0.25) is 0 Å². The maximum atomic E-state index is 5.80. The van der Waals surface area contributed by atoms with E-state index < -0.39 is 0 Å². The summed E-state index contributed by atoms with van der Waals surface area (Å²) in [5.41, 5.74) is 1.37. The van der Waals surface area contributed by atoms with Crippen LogP contribution in [0.4, 0.5) is 0 Å². The van der Waals surface area contributed by atoms with Gasteiger partial charge in [-0.15, -0.1) is 0 Å². The molecule has 13 heavy (non-hydrogen) atoms. The van der Waals surface area contributed by atoms with E-state index in [9.17, 15) is 0 Å². The van der Waals surface area contributed by atoms with Crippen molar-refractivity contribution in [3.63, 3.8) is 0 Å². The van der Waals surface area contributed by atoms with Gasteiger partial charge in [0.25, 0.3) is 0 Å². The summed E-state index contributed by atoms with van der Waals surface area (Å²) in [6.45, 7) is 5.28. The molecule has 1 aliphatic carbocycles. The van der Waals surface area contributed by atoms with Crippen LogP contribution in [0.5, 0.6) is 0 Å². The summed E-state index contributed by atoms with van der Waals surface area (Å²) in [5, 5.41) is 0. The van der Waals surface area contributed by atoms with Crippen LogP contribution in [0.1, 0.15) is 39.5 Å². The summed E-state index contributed by atoms with van der Waals surface area (Å²) in [4.78, 5) is 0. The second kappa shape index (κ2) is 5.98. The van der Waals surface area contributed by atoms with E-state index in [2.05, 4.69) is 32.1 Å². The molecule has 0 aromatic carbocycles. The predicted octanol–water partition coefficient (Wildman–Crippen LogP) is 3.47. The van der Waals surface area contributed by atoms with Crippen molar-refractivity contribution in [3.05, 3.63) is 23.8 Å². The van der Waals surface area contributed by atoms with Crippen LogP contribution in [0.15, 0.2) is 23.8 Å². The lowest BCUT2D eigenvalue weighted by molar-refractivity contribution is 0.0752. The van der Waals surface area contributed by atoms with Crippen LogP contribution in [-0.2, 0) is 4.74 Å². The summed E-state index contributed by atoms with van der Waals surface area (Å²) < 4.78 is 5.80. The molecule has 0 saturated carbocycles. The number of unbranched alkanes of at least 4 members (excludes halogenated alkanes) is 1. The molecule has 1 atom stereocenters. The van der Waals surface area contributed by atoms with Crippen LogP contribution in [-0.4, -0.2) is 12.7 Å².